The molecule has 0 radical (unpaired) electrons. The average molecular weight is 875 g/mol. The van der Waals surface area contributed by atoms with Gasteiger partial charge in [0.15, 0.2) is 14.5 Å². The summed E-state index contributed by atoms with van der Waals surface area (Å²) in [5.41, 5.74) is -3.09. The molecule has 0 saturated carbocycles. The van der Waals surface area contributed by atoms with Crippen LogP contribution in [0.4, 0.5) is 4.39 Å². The maximum absolute atomic E-state index is 17.5. The van der Waals surface area contributed by atoms with Crippen molar-refractivity contribution in [3.63, 3.8) is 0 Å². The molecule has 1 unspecified atom stereocenters. The first kappa shape index (κ1) is 41.5. The number of alkyl halides is 1. The first-order valence-corrected chi connectivity index (χ1v) is 19.7. The highest BCUT2D eigenvalue weighted by Gasteiger charge is 2.65. The van der Waals surface area contributed by atoms with Crippen LogP contribution in [0.1, 0.15) is 50.8 Å². The van der Waals surface area contributed by atoms with Gasteiger partial charge < -0.3 is 28.6 Å². The third-order valence-corrected chi connectivity index (χ3v) is 12.9. The fourth-order valence-corrected chi connectivity index (χ4v) is 9.91. The number of H-pyrrole nitrogens is 1. The second-order valence-corrected chi connectivity index (χ2v) is 16.3. The molecule has 5 rings (SSSR count). The number of aliphatic hydroxyl groups is 1. The van der Waals surface area contributed by atoms with E-state index in [1.54, 1.807) is 36.8 Å². The van der Waals surface area contributed by atoms with E-state index < -0.39 is 49.0 Å². The third kappa shape index (κ3) is 8.00. The zero-order valence-corrected chi connectivity index (χ0v) is 34.0. The topological polar surface area (TPSA) is 148 Å². The Morgan fingerprint density at radius 3 is 2.02 bits per heavy atom. The number of aromatic amines is 1. The van der Waals surface area contributed by atoms with Gasteiger partial charge in [0.05, 0.1) is 43.5 Å². The number of nitriles is 1. The minimum absolute atomic E-state index is 0.0215. The van der Waals surface area contributed by atoms with Crippen LogP contribution in [-0.2, 0) is 25.1 Å². The monoisotopic (exact) mass is 874 g/mol. The van der Waals surface area contributed by atoms with Crippen LogP contribution in [0.3, 0.4) is 0 Å². The lowest BCUT2D eigenvalue weighted by molar-refractivity contribution is -0.116. The van der Waals surface area contributed by atoms with Crippen LogP contribution >= 0.6 is 30.9 Å². The fraction of sp³-hybridized carbons (Fsp3) is 0.410. The van der Waals surface area contributed by atoms with Crippen LogP contribution in [0.5, 0.6) is 11.5 Å². The van der Waals surface area contributed by atoms with E-state index in [4.69, 9.17) is 23.5 Å². The molecule has 4 aromatic rings. The zero-order chi connectivity index (χ0) is 39.2. The van der Waals surface area contributed by atoms with Crippen LogP contribution in [0, 0.1) is 14.9 Å². The Labute approximate surface area is 328 Å². The van der Waals surface area contributed by atoms with Gasteiger partial charge in [-0.3, -0.25) is 19.0 Å². The summed E-state index contributed by atoms with van der Waals surface area (Å²) in [5, 5.41) is 21.3. The van der Waals surface area contributed by atoms with Crippen molar-refractivity contribution in [1.82, 2.24) is 14.2 Å². The van der Waals surface area contributed by atoms with Crippen molar-refractivity contribution in [2.24, 2.45) is 0 Å². The molecule has 1 saturated heterocycles. The molecule has 0 amide bonds. The lowest BCUT2D eigenvalue weighted by atomic mass is 9.80. The largest absolute Gasteiger partial charge is 0.497 e. The van der Waals surface area contributed by atoms with E-state index in [2.05, 4.69) is 4.98 Å². The Bertz CT molecular complexity index is 1950. The summed E-state index contributed by atoms with van der Waals surface area (Å²) in [6, 6.07) is 25.7. The first-order valence-electron chi connectivity index (χ1n) is 17.4. The van der Waals surface area contributed by atoms with Crippen molar-refractivity contribution in [3.05, 3.63) is 126 Å². The SMILES string of the molecule is COc1ccc(C(OC[C@H]2O[C@](n3cc(I)c(=O)[nH]c3=O)(P(OCCC#N)N(C(C)C)C(C)C)[C@H](F)[C@@H]2O)(c2ccccc2)c2ccc(OC)cc2)cc1. The molecular formula is C39H45FIN4O8P. The predicted octanol–water partition coefficient (Wildman–Crippen LogP) is 6.24. The molecule has 0 aliphatic carbocycles. The number of nitrogens with zero attached hydrogens (tertiary/aromatic N) is 3. The number of benzene rings is 3. The summed E-state index contributed by atoms with van der Waals surface area (Å²) in [6.45, 7) is 7.12. The van der Waals surface area contributed by atoms with E-state index in [1.807, 2.05) is 117 Å². The first-order chi connectivity index (χ1) is 25.8. The quantitative estimate of drug-likeness (QED) is 0.0575. The van der Waals surface area contributed by atoms with Gasteiger partial charge in [-0.1, -0.05) is 54.6 Å². The molecule has 3 aromatic carbocycles. The highest BCUT2D eigenvalue weighted by atomic mass is 127. The van der Waals surface area contributed by atoms with Crippen molar-refractivity contribution in [2.45, 2.75) is 75.6 Å². The number of rotatable bonds is 16. The van der Waals surface area contributed by atoms with Gasteiger partial charge in [0.2, 0.25) is 5.47 Å². The van der Waals surface area contributed by atoms with Gasteiger partial charge in [0.25, 0.3) is 5.56 Å². The Balaban J connectivity index is 1.70. The van der Waals surface area contributed by atoms with Crippen LogP contribution in [-0.4, -0.2) is 77.2 Å². The minimum Gasteiger partial charge on any atom is -0.497 e. The van der Waals surface area contributed by atoms with Crippen LogP contribution in [0.15, 0.2) is 94.6 Å². The van der Waals surface area contributed by atoms with E-state index >= 15 is 4.39 Å². The van der Waals surface area contributed by atoms with Crippen molar-refractivity contribution in [1.29, 1.82) is 5.26 Å². The molecule has 0 spiro atoms. The molecular weight excluding hydrogens is 829 g/mol. The number of hydrogen-bond acceptors (Lipinski definition) is 10. The van der Waals surface area contributed by atoms with Crippen molar-refractivity contribution in [3.8, 4) is 17.6 Å². The standard InChI is InChI=1S/C39H45FIN4O8P/c1-25(2)45(26(3)4)54(52-22-10-21-42)39(44-23-32(41)36(47)43-37(44)48)35(40)34(46)33(53-39)24-51-38(27-11-8-7-9-12-27,28-13-17-30(49-5)18-14-28)29-15-19-31(50-6)20-16-29/h7-9,11-20,23,25-26,33-35,46H,10,22,24H2,1-6H3,(H,43,47,48)/t33-,34-,35-,39+,54?/m1/s1. The Kier molecular flexibility index (Phi) is 13.7. The molecule has 12 nitrogen and oxygen atoms in total. The number of halogens is 2. The van der Waals surface area contributed by atoms with E-state index in [0.717, 1.165) is 10.1 Å². The number of aromatic nitrogens is 2. The number of methoxy groups -OCH3 is 2. The Hall–Kier alpha value is -3.68. The van der Waals surface area contributed by atoms with Crippen molar-refractivity contribution >= 4 is 30.9 Å². The molecule has 0 bridgehead atoms. The van der Waals surface area contributed by atoms with Gasteiger partial charge in [-0.15, -0.1) is 0 Å². The normalized spacial score (nSPS) is 20.7. The van der Waals surface area contributed by atoms with E-state index in [0.29, 0.717) is 22.6 Å². The lowest BCUT2D eigenvalue weighted by Gasteiger charge is -2.46. The second-order valence-electron chi connectivity index (χ2n) is 13.2. The van der Waals surface area contributed by atoms with E-state index in [-0.39, 0.29) is 35.3 Å². The van der Waals surface area contributed by atoms with E-state index in [1.165, 1.54) is 6.20 Å². The van der Waals surface area contributed by atoms with Gasteiger partial charge in [-0.05, 0) is 91.2 Å². The molecule has 288 valence electrons. The summed E-state index contributed by atoms with van der Waals surface area (Å²) in [6.07, 6.45) is -4.25. The Morgan fingerprint density at radius 1 is 0.981 bits per heavy atom. The van der Waals surface area contributed by atoms with Crippen LogP contribution in [0.25, 0.3) is 0 Å². The Morgan fingerprint density at radius 2 is 1.52 bits per heavy atom. The molecule has 1 aliphatic heterocycles. The van der Waals surface area contributed by atoms with Gasteiger partial charge >= 0.3 is 5.69 Å². The smallest absolute Gasteiger partial charge is 0.331 e. The van der Waals surface area contributed by atoms with Crippen LogP contribution < -0.4 is 20.7 Å². The van der Waals surface area contributed by atoms with Crippen molar-refractivity contribution < 1.29 is 33.0 Å². The van der Waals surface area contributed by atoms with Crippen LogP contribution in [0.2, 0.25) is 0 Å². The molecule has 1 aromatic heterocycles. The summed E-state index contributed by atoms with van der Waals surface area (Å²) in [7, 11) is 0.840. The van der Waals surface area contributed by atoms with Gasteiger partial charge in [-0.2, -0.15) is 5.26 Å². The maximum atomic E-state index is 17.5. The zero-order valence-electron chi connectivity index (χ0n) is 30.9. The summed E-state index contributed by atoms with van der Waals surface area (Å²) < 4.78 is 51.5. The minimum atomic E-state index is -2.31. The lowest BCUT2D eigenvalue weighted by Crippen LogP contribution is -2.53. The molecule has 1 aliphatic rings. The van der Waals surface area contributed by atoms with Crippen molar-refractivity contribution in [2.75, 3.05) is 27.4 Å². The predicted molar refractivity (Wildman–Crippen MR) is 211 cm³/mol. The second kappa shape index (κ2) is 17.8. The number of nitrogens with one attached hydrogen (secondary N) is 1. The molecule has 2 heterocycles. The molecule has 2 N–H and O–H groups in total. The van der Waals surface area contributed by atoms with E-state index in [9.17, 15) is 20.0 Å². The van der Waals surface area contributed by atoms with Gasteiger partial charge in [0.1, 0.15) is 29.3 Å². The fourth-order valence-electron chi connectivity index (χ4n) is 6.82. The third-order valence-electron chi connectivity index (χ3n) is 9.22. The molecule has 15 heteroatoms. The number of aliphatic hydroxyl groups excluding tert-OH is 1. The average Bonchev–Trinajstić information content (AvgIpc) is 3.42. The molecule has 54 heavy (non-hydrogen) atoms. The molecule has 5 atom stereocenters. The highest BCUT2D eigenvalue weighted by molar-refractivity contribution is 14.1. The summed E-state index contributed by atoms with van der Waals surface area (Å²) in [4.78, 5) is 28.6. The highest BCUT2D eigenvalue weighted by Crippen LogP contribution is 2.64. The molecule has 1 fully saturated rings. The summed E-state index contributed by atoms with van der Waals surface area (Å²) >= 11 is 1.76. The maximum Gasteiger partial charge on any atom is 0.331 e. The number of ether oxygens (including phenoxy) is 4. The summed E-state index contributed by atoms with van der Waals surface area (Å²) in [5.74, 6) is 1.25. The van der Waals surface area contributed by atoms with Gasteiger partial charge in [-0.25, -0.2) is 9.18 Å². The van der Waals surface area contributed by atoms with Gasteiger partial charge in [0, 0.05) is 18.3 Å². The number of hydrogen-bond donors (Lipinski definition) is 2.